The van der Waals surface area contributed by atoms with Crippen LogP contribution in [0.2, 0.25) is 0 Å². The lowest BCUT2D eigenvalue weighted by molar-refractivity contribution is -0.145. The topological polar surface area (TPSA) is 197 Å². The van der Waals surface area contributed by atoms with Crippen LogP contribution < -0.4 is 21.3 Å². The van der Waals surface area contributed by atoms with Crippen molar-refractivity contribution in [3.8, 4) is 0 Å². The molecular weight excluding hydrogens is 594 g/mol. The van der Waals surface area contributed by atoms with Crippen molar-refractivity contribution >= 4 is 41.1 Å². The highest BCUT2D eigenvalue weighted by atomic mass is 16.2. The van der Waals surface area contributed by atoms with Gasteiger partial charge in [-0.1, -0.05) is 41.0 Å². The van der Waals surface area contributed by atoms with Gasteiger partial charge >= 0.3 is 0 Å². The lowest BCUT2D eigenvalue weighted by Gasteiger charge is -2.33. The maximum atomic E-state index is 14.2. The summed E-state index contributed by atoms with van der Waals surface area (Å²) in [5, 5.41) is 10.8. The minimum Gasteiger partial charge on any atom is -0.347 e. The van der Waals surface area contributed by atoms with Gasteiger partial charge in [0, 0.05) is 43.2 Å². The third-order valence-corrected chi connectivity index (χ3v) is 8.95. The Bertz CT molecular complexity index is 1350. The van der Waals surface area contributed by atoms with Crippen molar-refractivity contribution in [2.45, 2.75) is 103 Å². The van der Waals surface area contributed by atoms with Crippen molar-refractivity contribution in [1.82, 2.24) is 36.1 Å². The van der Waals surface area contributed by atoms with Crippen LogP contribution in [-0.4, -0.2) is 92.7 Å². The zero-order valence-corrected chi connectivity index (χ0v) is 27.1. The molecule has 2 heterocycles. The monoisotopic (exact) mass is 639 g/mol. The SMILES string of the molecule is CCCC(NC(=O)C1[C@H]2CCC(=O)[C@H]2CN1C(=O)[C@@H](NC(=O)[C@H](NC(=O)c1cnccn1)C(C)C)C(C)C)C(=O)C(=O)NC1CC1. The molecule has 1 aromatic heterocycles. The molecule has 1 saturated heterocycles. The molecule has 0 bridgehead atoms. The zero-order valence-electron chi connectivity index (χ0n) is 27.1. The highest BCUT2D eigenvalue weighted by molar-refractivity contribution is 6.38. The van der Waals surface area contributed by atoms with E-state index in [0.717, 1.165) is 12.8 Å². The number of aromatic nitrogens is 2. The molecule has 14 nitrogen and oxygen atoms in total. The Kier molecular flexibility index (Phi) is 11.2. The summed E-state index contributed by atoms with van der Waals surface area (Å²) in [6.07, 6.45) is 7.12. The van der Waals surface area contributed by atoms with Gasteiger partial charge in [0.2, 0.25) is 23.5 Å². The highest BCUT2D eigenvalue weighted by Crippen LogP contribution is 2.41. The molecule has 46 heavy (non-hydrogen) atoms. The van der Waals surface area contributed by atoms with Crippen molar-refractivity contribution in [2.24, 2.45) is 23.7 Å². The Labute approximate surface area is 268 Å². The normalized spacial score (nSPS) is 22.5. The number of hydrogen-bond acceptors (Lipinski definition) is 9. The predicted octanol–water partition coefficient (Wildman–Crippen LogP) is 0.311. The van der Waals surface area contributed by atoms with E-state index in [4.69, 9.17) is 0 Å². The van der Waals surface area contributed by atoms with Crippen LogP contribution in [0.1, 0.15) is 83.6 Å². The summed E-state index contributed by atoms with van der Waals surface area (Å²) in [6, 6.07) is -4.25. The van der Waals surface area contributed by atoms with E-state index in [0.29, 0.717) is 12.8 Å². The van der Waals surface area contributed by atoms with Crippen molar-refractivity contribution in [3.05, 3.63) is 24.3 Å². The van der Waals surface area contributed by atoms with Gasteiger partial charge in [-0.15, -0.1) is 0 Å². The largest absolute Gasteiger partial charge is 0.347 e. The molecule has 2 saturated carbocycles. The Morgan fingerprint density at radius 1 is 0.935 bits per heavy atom. The Balaban J connectivity index is 1.53. The van der Waals surface area contributed by atoms with E-state index in [1.54, 1.807) is 27.7 Å². The van der Waals surface area contributed by atoms with Gasteiger partial charge in [0.15, 0.2) is 0 Å². The first-order chi connectivity index (χ1) is 21.8. The number of carbonyl (C=O) groups is 7. The number of ketones is 2. The van der Waals surface area contributed by atoms with Crippen LogP contribution in [0.25, 0.3) is 0 Å². The van der Waals surface area contributed by atoms with Crippen LogP contribution in [0.15, 0.2) is 18.6 Å². The molecule has 5 amide bonds. The molecule has 14 heteroatoms. The molecule has 3 aliphatic rings. The van der Waals surface area contributed by atoms with Crippen molar-refractivity contribution < 1.29 is 33.6 Å². The molecule has 3 fully saturated rings. The summed E-state index contributed by atoms with van der Waals surface area (Å²) in [7, 11) is 0. The number of fused-ring (bicyclic) bond motifs is 1. The first-order valence-corrected chi connectivity index (χ1v) is 16.2. The van der Waals surface area contributed by atoms with Crippen molar-refractivity contribution in [3.63, 3.8) is 0 Å². The summed E-state index contributed by atoms with van der Waals surface area (Å²) >= 11 is 0. The predicted molar refractivity (Wildman–Crippen MR) is 165 cm³/mol. The fraction of sp³-hybridized carbons (Fsp3) is 0.656. The van der Waals surface area contributed by atoms with E-state index in [-0.39, 0.29) is 42.8 Å². The van der Waals surface area contributed by atoms with E-state index in [1.165, 1.54) is 23.5 Å². The van der Waals surface area contributed by atoms with Gasteiger partial charge in [-0.25, -0.2) is 4.98 Å². The summed E-state index contributed by atoms with van der Waals surface area (Å²) < 4.78 is 0. The molecule has 4 N–H and O–H groups in total. The lowest BCUT2D eigenvalue weighted by atomic mass is 9.92. The first kappa shape index (κ1) is 34.6. The van der Waals surface area contributed by atoms with Crippen LogP contribution in [0.5, 0.6) is 0 Å². The molecule has 1 aromatic rings. The first-order valence-electron chi connectivity index (χ1n) is 16.2. The van der Waals surface area contributed by atoms with Crippen LogP contribution in [0.4, 0.5) is 0 Å². The standard InChI is InChI=1S/C32H45N7O7/c1-6-7-21(27(41)31(45)35-18-8-9-18)36-30(44)26-19-10-11-23(40)20(19)15-39(26)32(46)25(17(4)5)38-29(43)24(16(2)3)37-28(42)22-14-33-12-13-34-22/h12-14,16-21,24-26H,6-11,15H2,1-5H3,(H,35,45)(H,36,44)(H,37,42)(H,38,43)/t19-,20-,21?,24+,25-,26?/m0/s1. The molecule has 0 aromatic carbocycles. The maximum absolute atomic E-state index is 14.2. The van der Waals surface area contributed by atoms with Crippen LogP contribution in [0, 0.1) is 23.7 Å². The van der Waals surface area contributed by atoms with Gasteiger partial charge < -0.3 is 26.2 Å². The number of nitrogens with one attached hydrogen (secondary N) is 4. The zero-order chi connectivity index (χ0) is 33.7. The van der Waals surface area contributed by atoms with Gasteiger partial charge in [0.25, 0.3) is 11.8 Å². The second kappa shape index (κ2) is 14.9. The highest BCUT2D eigenvalue weighted by Gasteiger charge is 2.54. The second-order valence-electron chi connectivity index (χ2n) is 13.2. The molecule has 6 atom stereocenters. The second-order valence-corrected chi connectivity index (χ2v) is 13.2. The lowest BCUT2D eigenvalue weighted by Crippen LogP contribution is -2.60. The number of rotatable bonds is 14. The summed E-state index contributed by atoms with van der Waals surface area (Å²) in [5.41, 5.74) is 0.0319. The van der Waals surface area contributed by atoms with Gasteiger partial charge in [0.1, 0.15) is 29.6 Å². The van der Waals surface area contributed by atoms with Gasteiger partial charge in [-0.3, -0.25) is 38.5 Å². The minimum atomic E-state index is -1.08. The van der Waals surface area contributed by atoms with E-state index in [1.807, 2.05) is 6.92 Å². The number of carbonyl (C=O) groups excluding carboxylic acids is 7. The average Bonchev–Trinajstić information content (AvgIpc) is 3.65. The van der Waals surface area contributed by atoms with Crippen molar-refractivity contribution in [2.75, 3.05) is 6.54 Å². The van der Waals surface area contributed by atoms with E-state index in [2.05, 4.69) is 31.2 Å². The smallest absolute Gasteiger partial charge is 0.289 e. The minimum absolute atomic E-state index is 0.00505. The quantitative estimate of drug-likeness (QED) is 0.207. The average molecular weight is 640 g/mol. The van der Waals surface area contributed by atoms with E-state index in [9.17, 15) is 33.6 Å². The molecule has 2 unspecified atom stereocenters. The number of amides is 5. The fourth-order valence-corrected chi connectivity index (χ4v) is 6.23. The van der Waals surface area contributed by atoms with Crippen molar-refractivity contribution in [1.29, 1.82) is 0 Å². The number of likely N-dealkylation sites (tertiary alicyclic amines) is 1. The number of nitrogens with zero attached hydrogens (tertiary/aromatic N) is 3. The van der Waals surface area contributed by atoms with Crippen LogP contribution >= 0.6 is 0 Å². The van der Waals surface area contributed by atoms with Gasteiger partial charge in [-0.05, 0) is 37.5 Å². The summed E-state index contributed by atoms with van der Waals surface area (Å²) in [5.74, 6) is -5.63. The Hall–Kier alpha value is -4.23. The van der Waals surface area contributed by atoms with Gasteiger partial charge in [0.05, 0.1) is 12.2 Å². The third-order valence-electron chi connectivity index (χ3n) is 8.95. The fourth-order valence-electron chi connectivity index (χ4n) is 6.23. The molecule has 0 radical (unpaired) electrons. The van der Waals surface area contributed by atoms with Gasteiger partial charge in [-0.2, -0.15) is 0 Å². The number of hydrogen-bond donors (Lipinski definition) is 4. The molecule has 1 aliphatic heterocycles. The molecule has 4 rings (SSSR count). The molecule has 2 aliphatic carbocycles. The van der Waals surface area contributed by atoms with Crippen LogP contribution in [0.3, 0.4) is 0 Å². The molecule has 250 valence electrons. The summed E-state index contributed by atoms with van der Waals surface area (Å²) in [4.78, 5) is 102. The van der Waals surface area contributed by atoms with Crippen LogP contribution in [-0.2, 0) is 28.8 Å². The third kappa shape index (κ3) is 7.94. The van der Waals surface area contributed by atoms with E-state index < -0.39 is 77.2 Å². The molecule has 0 spiro atoms. The Morgan fingerprint density at radius 3 is 2.22 bits per heavy atom. The van der Waals surface area contributed by atoms with E-state index >= 15 is 0 Å². The molecular formula is C32H45N7O7. The Morgan fingerprint density at radius 2 is 1.63 bits per heavy atom. The number of Topliss-reactive ketones (excluding diaryl/α,β-unsaturated/α-hetero) is 2. The summed E-state index contributed by atoms with van der Waals surface area (Å²) in [6.45, 7) is 8.83. The maximum Gasteiger partial charge on any atom is 0.289 e.